The Kier molecular flexibility index (Phi) is 4.37. The predicted molar refractivity (Wildman–Crippen MR) is 64.9 cm³/mol. The van der Waals surface area contributed by atoms with E-state index in [0.717, 1.165) is 5.56 Å². The van der Waals surface area contributed by atoms with Gasteiger partial charge in [-0.25, -0.2) is 0 Å². The van der Waals surface area contributed by atoms with Gasteiger partial charge in [0.2, 0.25) is 0 Å². The van der Waals surface area contributed by atoms with Crippen LogP contribution in [-0.2, 0) is 11.2 Å². The number of phenols is 1. The summed E-state index contributed by atoms with van der Waals surface area (Å²) in [5.74, 6) is 1.37. The minimum Gasteiger partial charge on any atom is -0.507 e. The zero-order valence-electron chi connectivity index (χ0n) is 10.7. The van der Waals surface area contributed by atoms with Crippen molar-refractivity contribution in [2.24, 2.45) is 0 Å². The normalized spacial score (nSPS) is 10.1. The fourth-order valence-electron chi connectivity index (χ4n) is 1.77. The van der Waals surface area contributed by atoms with E-state index in [1.54, 1.807) is 27.0 Å². The van der Waals surface area contributed by atoms with Gasteiger partial charge in [-0.1, -0.05) is 0 Å². The minimum atomic E-state index is 0.111. The molecule has 4 nitrogen and oxygen atoms in total. The summed E-state index contributed by atoms with van der Waals surface area (Å²) < 4.78 is 10.5. The minimum absolute atomic E-state index is 0.111. The molecule has 0 heterocycles. The number of methoxy groups -OCH3 is 2. The van der Waals surface area contributed by atoms with Crippen LogP contribution in [0.5, 0.6) is 17.2 Å². The number of ketones is 1. The summed E-state index contributed by atoms with van der Waals surface area (Å²) in [4.78, 5) is 11.0. The summed E-state index contributed by atoms with van der Waals surface area (Å²) in [5.41, 5.74) is 1.48. The Morgan fingerprint density at radius 2 is 2.00 bits per heavy atom. The molecule has 0 fully saturated rings. The second kappa shape index (κ2) is 5.57. The van der Waals surface area contributed by atoms with Gasteiger partial charge in [-0.3, -0.25) is 0 Å². The average Bonchev–Trinajstić information content (AvgIpc) is 2.29. The van der Waals surface area contributed by atoms with Crippen LogP contribution in [0.2, 0.25) is 0 Å². The molecule has 94 valence electrons. The van der Waals surface area contributed by atoms with Crippen LogP contribution >= 0.6 is 0 Å². The second-order valence-corrected chi connectivity index (χ2v) is 3.94. The molecule has 0 radical (unpaired) electrons. The lowest BCUT2D eigenvalue weighted by Crippen LogP contribution is -2.02. The van der Waals surface area contributed by atoms with Crippen molar-refractivity contribution in [3.63, 3.8) is 0 Å². The van der Waals surface area contributed by atoms with Crippen molar-refractivity contribution in [3.05, 3.63) is 17.2 Å². The van der Waals surface area contributed by atoms with Crippen LogP contribution in [0.15, 0.2) is 6.07 Å². The second-order valence-electron chi connectivity index (χ2n) is 3.94. The Hall–Kier alpha value is -1.71. The van der Waals surface area contributed by atoms with Gasteiger partial charge in [0.05, 0.1) is 14.2 Å². The van der Waals surface area contributed by atoms with E-state index in [2.05, 4.69) is 0 Å². The SMILES string of the molecule is COc1cc(O)c(C)c(OC)c1CCC(C)=O. The molecular formula is C13H18O4. The number of benzene rings is 1. The van der Waals surface area contributed by atoms with Gasteiger partial charge in [0, 0.05) is 23.6 Å². The molecule has 0 amide bonds. The fourth-order valence-corrected chi connectivity index (χ4v) is 1.77. The van der Waals surface area contributed by atoms with E-state index in [1.165, 1.54) is 7.11 Å². The highest BCUT2D eigenvalue weighted by Gasteiger charge is 2.16. The highest BCUT2D eigenvalue weighted by Crippen LogP contribution is 2.38. The molecule has 1 aromatic carbocycles. The molecule has 0 bridgehead atoms. The Balaban J connectivity index is 3.22. The average molecular weight is 238 g/mol. The molecule has 0 saturated heterocycles. The van der Waals surface area contributed by atoms with E-state index in [1.807, 2.05) is 0 Å². The Labute approximate surface area is 101 Å². The predicted octanol–water partition coefficient (Wildman–Crippen LogP) is 2.24. The molecule has 17 heavy (non-hydrogen) atoms. The van der Waals surface area contributed by atoms with Gasteiger partial charge in [-0.2, -0.15) is 0 Å². The highest BCUT2D eigenvalue weighted by molar-refractivity contribution is 5.76. The summed E-state index contributed by atoms with van der Waals surface area (Å²) in [5, 5.41) is 9.72. The zero-order chi connectivity index (χ0) is 13.0. The summed E-state index contributed by atoms with van der Waals surface area (Å²) >= 11 is 0. The van der Waals surface area contributed by atoms with E-state index in [9.17, 15) is 9.90 Å². The molecule has 1 aromatic rings. The first-order valence-corrected chi connectivity index (χ1v) is 5.44. The number of carbonyl (C=O) groups is 1. The third kappa shape index (κ3) is 2.90. The number of ether oxygens (including phenoxy) is 2. The van der Waals surface area contributed by atoms with Crippen molar-refractivity contribution >= 4 is 5.78 Å². The topological polar surface area (TPSA) is 55.8 Å². The number of rotatable bonds is 5. The molecule has 1 N–H and O–H groups in total. The largest absolute Gasteiger partial charge is 0.507 e. The Morgan fingerprint density at radius 3 is 2.47 bits per heavy atom. The fraction of sp³-hybridized carbons (Fsp3) is 0.462. The first-order valence-electron chi connectivity index (χ1n) is 5.44. The van der Waals surface area contributed by atoms with E-state index >= 15 is 0 Å². The van der Waals surface area contributed by atoms with Crippen molar-refractivity contribution in [2.75, 3.05) is 14.2 Å². The van der Waals surface area contributed by atoms with Crippen LogP contribution in [0.1, 0.15) is 24.5 Å². The molecular weight excluding hydrogens is 220 g/mol. The third-order valence-corrected chi connectivity index (χ3v) is 2.72. The van der Waals surface area contributed by atoms with Crippen LogP contribution in [0.4, 0.5) is 0 Å². The lowest BCUT2D eigenvalue weighted by molar-refractivity contribution is -0.116. The van der Waals surface area contributed by atoms with Gasteiger partial charge in [-0.15, -0.1) is 0 Å². The van der Waals surface area contributed by atoms with Crippen LogP contribution < -0.4 is 9.47 Å². The quantitative estimate of drug-likeness (QED) is 0.854. The number of aromatic hydroxyl groups is 1. The van der Waals surface area contributed by atoms with Gasteiger partial charge >= 0.3 is 0 Å². The molecule has 0 unspecified atom stereocenters. The Morgan fingerprint density at radius 1 is 1.35 bits per heavy atom. The smallest absolute Gasteiger partial charge is 0.132 e. The first-order chi connectivity index (χ1) is 8.01. The Bertz CT molecular complexity index is 424. The van der Waals surface area contributed by atoms with Crippen molar-refractivity contribution in [1.82, 2.24) is 0 Å². The van der Waals surface area contributed by atoms with E-state index < -0.39 is 0 Å². The van der Waals surface area contributed by atoms with Crippen molar-refractivity contribution in [1.29, 1.82) is 0 Å². The van der Waals surface area contributed by atoms with Gasteiger partial charge < -0.3 is 19.4 Å². The summed E-state index contributed by atoms with van der Waals surface area (Å²) in [7, 11) is 3.07. The van der Waals surface area contributed by atoms with E-state index in [0.29, 0.717) is 29.9 Å². The molecule has 0 aliphatic rings. The third-order valence-electron chi connectivity index (χ3n) is 2.72. The lowest BCUT2D eigenvalue weighted by Gasteiger charge is -2.16. The van der Waals surface area contributed by atoms with Gasteiger partial charge in [-0.05, 0) is 20.3 Å². The number of carbonyl (C=O) groups excluding carboxylic acids is 1. The van der Waals surface area contributed by atoms with Crippen LogP contribution in [0.25, 0.3) is 0 Å². The van der Waals surface area contributed by atoms with Gasteiger partial charge in [0.15, 0.2) is 0 Å². The zero-order valence-corrected chi connectivity index (χ0v) is 10.7. The summed E-state index contributed by atoms with van der Waals surface area (Å²) in [6.07, 6.45) is 0.972. The molecule has 4 heteroatoms. The van der Waals surface area contributed by atoms with Crippen molar-refractivity contribution < 1.29 is 19.4 Å². The van der Waals surface area contributed by atoms with Crippen molar-refractivity contribution in [2.45, 2.75) is 26.7 Å². The van der Waals surface area contributed by atoms with Crippen molar-refractivity contribution in [3.8, 4) is 17.2 Å². The summed E-state index contributed by atoms with van der Waals surface area (Å²) in [6.45, 7) is 3.32. The maximum Gasteiger partial charge on any atom is 0.132 e. The van der Waals surface area contributed by atoms with Crippen LogP contribution in [-0.4, -0.2) is 25.1 Å². The van der Waals surface area contributed by atoms with Gasteiger partial charge in [0.1, 0.15) is 23.0 Å². The maximum atomic E-state index is 11.0. The number of phenolic OH excluding ortho intramolecular Hbond substituents is 1. The molecule has 0 saturated carbocycles. The molecule has 0 aliphatic heterocycles. The molecule has 0 spiro atoms. The highest BCUT2D eigenvalue weighted by atomic mass is 16.5. The maximum absolute atomic E-state index is 11.0. The standard InChI is InChI=1S/C13H18O4/c1-8(14)5-6-10-12(16-3)7-11(15)9(2)13(10)17-4/h7,15H,5-6H2,1-4H3. The molecule has 0 aliphatic carbocycles. The van der Waals surface area contributed by atoms with Crippen LogP contribution in [0.3, 0.4) is 0 Å². The number of hydrogen-bond donors (Lipinski definition) is 1. The summed E-state index contributed by atoms with van der Waals surface area (Å²) in [6, 6.07) is 1.55. The molecule has 1 rings (SSSR count). The van der Waals surface area contributed by atoms with E-state index in [4.69, 9.17) is 9.47 Å². The molecule has 0 aromatic heterocycles. The number of hydrogen-bond acceptors (Lipinski definition) is 4. The van der Waals surface area contributed by atoms with Crippen LogP contribution in [0, 0.1) is 6.92 Å². The molecule has 0 atom stereocenters. The first kappa shape index (κ1) is 13.4. The van der Waals surface area contributed by atoms with E-state index in [-0.39, 0.29) is 11.5 Å². The number of Topliss-reactive ketones (excluding diaryl/α,β-unsaturated/α-hetero) is 1. The van der Waals surface area contributed by atoms with Gasteiger partial charge in [0.25, 0.3) is 0 Å². The monoisotopic (exact) mass is 238 g/mol. The lowest BCUT2D eigenvalue weighted by atomic mass is 10.0.